The summed E-state index contributed by atoms with van der Waals surface area (Å²) in [4.78, 5) is 57.2. The molecule has 0 unspecified atom stereocenters. The van der Waals surface area contributed by atoms with Crippen molar-refractivity contribution in [3.05, 3.63) is 65.0 Å². The number of ether oxygens (including phenoxy) is 1. The molecule has 0 bridgehead atoms. The van der Waals surface area contributed by atoms with Crippen LogP contribution in [0.1, 0.15) is 66.0 Å². The zero-order valence-electron chi connectivity index (χ0n) is 20.0. The lowest BCUT2D eigenvalue weighted by atomic mass is 9.87. The maximum absolute atomic E-state index is 13.1. The molecule has 4 heterocycles. The average molecular weight is 493 g/mol. The van der Waals surface area contributed by atoms with Crippen LogP contribution >= 0.6 is 0 Å². The van der Waals surface area contributed by atoms with Crippen molar-refractivity contribution in [3.8, 4) is 0 Å². The molecule has 10 nitrogen and oxygen atoms in total. The Balaban J connectivity index is 1.25. The van der Waals surface area contributed by atoms with Crippen LogP contribution in [0.4, 0.5) is 4.79 Å². The molecule has 2 aromatic rings. The van der Waals surface area contributed by atoms with Gasteiger partial charge in [0.05, 0.1) is 23.0 Å². The van der Waals surface area contributed by atoms with Crippen LogP contribution < -0.4 is 5.32 Å². The van der Waals surface area contributed by atoms with Gasteiger partial charge in [-0.1, -0.05) is 30.3 Å². The Kier molecular flexibility index (Phi) is 6.21. The Morgan fingerprint density at radius 1 is 1.14 bits per heavy atom. The molecule has 188 valence electrons. The number of carbonyl (C=O) groups is 4. The summed E-state index contributed by atoms with van der Waals surface area (Å²) in [5.41, 5.74) is 0.970. The molecule has 0 aliphatic carbocycles. The van der Waals surface area contributed by atoms with Crippen LogP contribution in [0.2, 0.25) is 0 Å². The number of hydrogen-bond donors (Lipinski definition) is 2. The van der Waals surface area contributed by atoms with Crippen molar-refractivity contribution in [3.63, 3.8) is 0 Å². The number of aromatic nitrogens is 1. The van der Waals surface area contributed by atoms with Gasteiger partial charge >= 0.3 is 6.09 Å². The molecule has 3 aliphatic rings. The predicted octanol–water partition coefficient (Wildman–Crippen LogP) is 2.02. The lowest BCUT2D eigenvalue weighted by molar-refractivity contribution is -0.137. The van der Waals surface area contributed by atoms with E-state index in [4.69, 9.17) is 4.74 Å². The van der Waals surface area contributed by atoms with Gasteiger partial charge in [-0.15, -0.1) is 0 Å². The number of aliphatic hydroxyl groups is 1. The van der Waals surface area contributed by atoms with E-state index in [1.807, 2.05) is 30.3 Å². The van der Waals surface area contributed by atoms with E-state index in [1.165, 1.54) is 4.90 Å². The summed E-state index contributed by atoms with van der Waals surface area (Å²) in [7, 11) is 0. The fourth-order valence-corrected chi connectivity index (χ4v) is 5.17. The molecular formula is C26H28N4O6. The van der Waals surface area contributed by atoms with Gasteiger partial charge < -0.3 is 19.6 Å². The normalized spacial score (nSPS) is 23.3. The molecule has 4 amide bonds. The number of likely N-dealkylation sites (tertiary alicyclic amines) is 1. The van der Waals surface area contributed by atoms with Crippen molar-refractivity contribution < 1.29 is 29.0 Å². The first-order valence-electron chi connectivity index (χ1n) is 12.1. The molecule has 0 radical (unpaired) electrons. The Hall–Kier alpha value is -3.79. The quantitative estimate of drug-likeness (QED) is 0.625. The molecule has 0 saturated carbocycles. The third kappa shape index (κ3) is 4.32. The second kappa shape index (κ2) is 9.34. The number of nitrogens with zero attached hydrogens (tertiary/aromatic N) is 3. The third-order valence-corrected chi connectivity index (χ3v) is 7.28. The number of pyridine rings is 1. The smallest absolute Gasteiger partial charge is 0.410 e. The maximum atomic E-state index is 13.1. The molecular weight excluding hydrogens is 464 g/mol. The number of hydrogen-bond acceptors (Lipinski definition) is 7. The number of piperidine rings is 2. The highest BCUT2D eigenvalue weighted by atomic mass is 16.6. The largest absolute Gasteiger partial charge is 0.445 e. The van der Waals surface area contributed by atoms with Gasteiger partial charge in [-0.25, -0.2) is 4.79 Å². The average Bonchev–Trinajstić information content (AvgIpc) is 3.13. The standard InChI is InChI=1S/C26H28N4O6/c1-16-22-18(24(33)30(16)19-8-10-21(31)28-23(19)32)7-9-20(27-22)26(35)11-13-29(14-12-26)25(34)36-15-17-5-3-2-4-6-17/h2-7,9,16,19,35H,8,10-15H2,1H3,(H,28,31,32)/t16-,19-/m0/s1. The van der Waals surface area contributed by atoms with E-state index < -0.39 is 29.7 Å². The van der Waals surface area contributed by atoms with Crippen molar-refractivity contribution in [1.29, 1.82) is 0 Å². The second-order valence-electron chi connectivity index (χ2n) is 9.54. The number of amides is 4. The molecule has 3 aliphatic heterocycles. The van der Waals surface area contributed by atoms with Gasteiger partial charge in [-0.3, -0.25) is 24.7 Å². The van der Waals surface area contributed by atoms with Gasteiger partial charge in [0.2, 0.25) is 11.8 Å². The molecule has 2 saturated heterocycles. The van der Waals surface area contributed by atoms with E-state index in [2.05, 4.69) is 10.3 Å². The summed E-state index contributed by atoms with van der Waals surface area (Å²) in [6.07, 6.45) is 0.562. The van der Waals surface area contributed by atoms with Crippen LogP contribution in [0.3, 0.4) is 0 Å². The van der Waals surface area contributed by atoms with Crippen LogP contribution in [0.5, 0.6) is 0 Å². The molecule has 2 N–H and O–H groups in total. The summed E-state index contributed by atoms with van der Waals surface area (Å²) in [5, 5.41) is 13.7. The molecule has 1 aromatic heterocycles. The second-order valence-corrected chi connectivity index (χ2v) is 9.54. The highest BCUT2D eigenvalue weighted by Gasteiger charge is 2.45. The third-order valence-electron chi connectivity index (χ3n) is 7.28. The van der Waals surface area contributed by atoms with Gasteiger partial charge in [0.1, 0.15) is 18.2 Å². The molecule has 1 aromatic carbocycles. The lowest BCUT2D eigenvalue weighted by Crippen LogP contribution is -2.53. The first-order chi connectivity index (χ1) is 17.3. The van der Waals surface area contributed by atoms with Crippen LogP contribution in [-0.2, 0) is 26.5 Å². The van der Waals surface area contributed by atoms with Gasteiger partial charge in [0.25, 0.3) is 5.91 Å². The van der Waals surface area contributed by atoms with Gasteiger partial charge in [0, 0.05) is 19.5 Å². The SMILES string of the molecule is C[C@H]1c2nc(C3(O)CCN(C(=O)OCc4ccccc4)CC3)ccc2C(=O)N1[C@H]1CCC(=O)NC1=O. The Labute approximate surface area is 208 Å². The van der Waals surface area contributed by atoms with Gasteiger partial charge in [0.15, 0.2) is 0 Å². The molecule has 2 fully saturated rings. The summed E-state index contributed by atoms with van der Waals surface area (Å²) < 4.78 is 5.41. The minimum Gasteiger partial charge on any atom is -0.445 e. The Bertz CT molecular complexity index is 1210. The van der Waals surface area contributed by atoms with E-state index >= 15 is 0 Å². The zero-order valence-corrected chi connectivity index (χ0v) is 20.0. The summed E-state index contributed by atoms with van der Waals surface area (Å²) in [5.74, 6) is -1.13. The first kappa shape index (κ1) is 23.9. The van der Waals surface area contributed by atoms with Gasteiger partial charge in [-0.05, 0) is 43.9 Å². The van der Waals surface area contributed by atoms with E-state index in [0.29, 0.717) is 30.0 Å². The van der Waals surface area contributed by atoms with E-state index in [-0.39, 0.29) is 44.1 Å². The summed E-state index contributed by atoms with van der Waals surface area (Å²) in [6, 6.07) is 11.5. The highest BCUT2D eigenvalue weighted by molar-refractivity contribution is 6.05. The Morgan fingerprint density at radius 2 is 1.86 bits per heavy atom. The number of fused-ring (bicyclic) bond motifs is 1. The highest BCUT2D eigenvalue weighted by Crippen LogP contribution is 2.38. The van der Waals surface area contributed by atoms with Crippen LogP contribution in [0.25, 0.3) is 0 Å². The minimum atomic E-state index is -1.25. The monoisotopic (exact) mass is 492 g/mol. The first-order valence-corrected chi connectivity index (χ1v) is 12.1. The number of imide groups is 1. The molecule has 5 rings (SSSR count). The van der Waals surface area contributed by atoms with Crippen molar-refractivity contribution >= 4 is 23.8 Å². The van der Waals surface area contributed by atoms with E-state index in [1.54, 1.807) is 24.0 Å². The van der Waals surface area contributed by atoms with Crippen molar-refractivity contribution in [2.45, 2.75) is 56.9 Å². The summed E-state index contributed by atoms with van der Waals surface area (Å²) in [6.45, 7) is 2.58. The number of rotatable bonds is 4. The minimum absolute atomic E-state index is 0.173. The lowest BCUT2D eigenvalue weighted by Gasteiger charge is -2.37. The summed E-state index contributed by atoms with van der Waals surface area (Å²) >= 11 is 0. The van der Waals surface area contributed by atoms with E-state index in [9.17, 15) is 24.3 Å². The molecule has 36 heavy (non-hydrogen) atoms. The molecule has 10 heteroatoms. The fraction of sp³-hybridized carbons (Fsp3) is 0.423. The van der Waals surface area contributed by atoms with Crippen LogP contribution in [-0.4, -0.2) is 62.8 Å². The number of benzene rings is 1. The van der Waals surface area contributed by atoms with Crippen molar-refractivity contribution in [1.82, 2.24) is 20.1 Å². The van der Waals surface area contributed by atoms with Crippen LogP contribution in [0.15, 0.2) is 42.5 Å². The number of nitrogens with one attached hydrogen (secondary N) is 1. The predicted molar refractivity (Wildman–Crippen MR) is 126 cm³/mol. The maximum Gasteiger partial charge on any atom is 0.410 e. The van der Waals surface area contributed by atoms with Crippen molar-refractivity contribution in [2.75, 3.05) is 13.1 Å². The van der Waals surface area contributed by atoms with Gasteiger partial charge in [-0.2, -0.15) is 0 Å². The van der Waals surface area contributed by atoms with Crippen LogP contribution in [0, 0.1) is 0 Å². The number of carbonyl (C=O) groups excluding carboxylic acids is 4. The Morgan fingerprint density at radius 3 is 2.56 bits per heavy atom. The topological polar surface area (TPSA) is 129 Å². The molecule has 2 atom stereocenters. The van der Waals surface area contributed by atoms with Crippen molar-refractivity contribution in [2.24, 2.45) is 0 Å². The molecule has 0 spiro atoms. The zero-order chi connectivity index (χ0) is 25.4. The van der Waals surface area contributed by atoms with E-state index in [0.717, 1.165) is 5.56 Å². The fourth-order valence-electron chi connectivity index (χ4n) is 5.17.